The van der Waals surface area contributed by atoms with Gasteiger partial charge in [0.2, 0.25) is 0 Å². The van der Waals surface area contributed by atoms with Crippen LogP contribution >= 0.6 is 0 Å². The fourth-order valence-corrected chi connectivity index (χ4v) is 2.22. The first-order chi connectivity index (χ1) is 9.64. The van der Waals surface area contributed by atoms with Crippen LogP contribution < -0.4 is 0 Å². The largest absolute Gasteiger partial charge is 0.469 e. The molecule has 2 atom stereocenters. The average Bonchev–Trinajstić information content (AvgIpc) is 2.69. The van der Waals surface area contributed by atoms with Gasteiger partial charge in [-0.2, -0.15) is 0 Å². The third kappa shape index (κ3) is 5.24. The summed E-state index contributed by atoms with van der Waals surface area (Å²) < 4.78 is 15.1. The Hall–Kier alpha value is -1.79. The highest BCUT2D eigenvalue weighted by Crippen LogP contribution is 2.26. The molecule has 0 bridgehead atoms. The molecule has 1 amide bonds. The van der Waals surface area contributed by atoms with Gasteiger partial charge < -0.3 is 19.1 Å². The molecule has 1 aliphatic heterocycles. The molecule has 0 N–H and O–H groups in total. The number of carbonyl (C=O) groups is 3. The molecular weight excluding hydrogens is 278 g/mol. The van der Waals surface area contributed by atoms with E-state index >= 15 is 0 Å². The monoisotopic (exact) mass is 301 g/mol. The summed E-state index contributed by atoms with van der Waals surface area (Å²) in [5, 5.41) is 0. The van der Waals surface area contributed by atoms with E-state index in [0.29, 0.717) is 13.0 Å². The van der Waals surface area contributed by atoms with Crippen LogP contribution in [0.3, 0.4) is 0 Å². The Kier molecular flexibility index (Phi) is 5.57. The molecule has 120 valence electrons. The number of carbonyl (C=O) groups excluding carboxylic acids is 3. The molecule has 0 unspecified atom stereocenters. The van der Waals surface area contributed by atoms with Gasteiger partial charge >= 0.3 is 18.0 Å². The standard InChI is InChI=1S/C14H23NO6/c1-9(16)20-11-6-7-15(10(11)8-12(17)19-5)13(18)21-14(2,3)4/h10-11H,6-8H2,1-5H3/t10-,11-/m0/s1. The Bertz CT molecular complexity index is 414. The minimum absolute atomic E-state index is 0.0340. The second-order valence-corrected chi connectivity index (χ2v) is 5.96. The van der Waals surface area contributed by atoms with E-state index in [1.165, 1.54) is 18.9 Å². The fraction of sp³-hybridized carbons (Fsp3) is 0.786. The van der Waals surface area contributed by atoms with Crippen molar-refractivity contribution in [2.24, 2.45) is 0 Å². The maximum atomic E-state index is 12.2. The van der Waals surface area contributed by atoms with Crippen LogP contribution in [0.2, 0.25) is 0 Å². The molecule has 0 radical (unpaired) electrons. The predicted octanol–water partition coefficient (Wildman–Crippen LogP) is 1.49. The highest BCUT2D eigenvalue weighted by atomic mass is 16.6. The second kappa shape index (κ2) is 6.78. The van der Waals surface area contributed by atoms with Gasteiger partial charge in [-0.25, -0.2) is 4.79 Å². The molecule has 1 heterocycles. The van der Waals surface area contributed by atoms with Crippen LogP contribution in [0.15, 0.2) is 0 Å². The third-order valence-corrected chi connectivity index (χ3v) is 3.03. The predicted molar refractivity (Wildman–Crippen MR) is 73.5 cm³/mol. The molecule has 7 nitrogen and oxygen atoms in total. The number of likely N-dealkylation sites (tertiary alicyclic amines) is 1. The summed E-state index contributed by atoms with van der Waals surface area (Å²) >= 11 is 0. The Morgan fingerprint density at radius 3 is 2.33 bits per heavy atom. The van der Waals surface area contributed by atoms with E-state index in [2.05, 4.69) is 4.74 Å². The summed E-state index contributed by atoms with van der Waals surface area (Å²) in [5.41, 5.74) is -0.633. The summed E-state index contributed by atoms with van der Waals surface area (Å²) in [6.07, 6.45) is -0.603. The number of rotatable bonds is 3. The van der Waals surface area contributed by atoms with Gasteiger partial charge in [0.1, 0.15) is 11.7 Å². The summed E-state index contributed by atoms with van der Waals surface area (Å²) in [6, 6.07) is -0.559. The Labute approximate surface area is 124 Å². The van der Waals surface area contributed by atoms with E-state index in [-0.39, 0.29) is 6.42 Å². The van der Waals surface area contributed by atoms with Crippen molar-refractivity contribution >= 4 is 18.0 Å². The first kappa shape index (κ1) is 17.3. The van der Waals surface area contributed by atoms with Crippen LogP contribution in [0.1, 0.15) is 40.5 Å². The minimum Gasteiger partial charge on any atom is -0.469 e. The van der Waals surface area contributed by atoms with Crippen molar-refractivity contribution in [3.8, 4) is 0 Å². The number of amides is 1. The molecule has 1 saturated heterocycles. The van der Waals surface area contributed by atoms with Gasteiger partial charge in [0.05, 0.1) is 19.6 Å². The van der Waals surface area contributed by atoms with Crippen molar-refractivity contribution in [3.05, 3.63) is 0 Å². The number of methoxy groups -OCH3 is 1. The molecule has 0 aliphatic carbocycles. The van der Waals surface area contributed by atoms with Gasteiger partial charge in [-0.1, -0.05) is 0 Å². The van der Waals surface area contributed by atoms with Gasteiger partial charge in [-0.15, -0.1) is 0 Å². The van der Waals surface area contributed by atoms with Crippen molar-refractivity contribution < 1.29 is 28.6 Å². The third-order valence-electron chi connectivity index (χ3n) is 3.03. The Balaban J connectivity index is 2.83. The van der Waals surface area contributed by atoms with E-state index in [4.69, 9.17) is 9.47 Å². The quantitative estimate of drug-likeness (QED) is 0.580. The van der Waals surface area contributed by atoms with Crippen molar-refractivity contribution in [3.63, 3.8) is 0 Å². The van der Waals surface area contributed by atoms with Gasteiger partial charge in [0.25, 0.3) is 0 Å². The molecule has 0 aromatic rings. The maximum absolute atomic E-state index is 12.2. The van der Waals surface area contributed by atoms with Crippen LogP contribution in [0.5, 0.6) is 0 Å². The summed E-state index contributed by atoms with van der Waals surface area (Å²) in [7, 11) is 1.27. The SMILES string of the molecule is COC(=O)C[C@H]1[C@@H](OC(C)=O)CCN1C(=O)OC(C)(C)C. The van der Waals surface area contributed by atoms with E-state index in [0.717, 1.165) is 0 Å². The molecule has 1 fully saturated rings. The van der Waals surface area contributed by atoms with E-state index < -0.39 is 35.8 Å². The van der Waals surface area contributed by atoms with Gasteiger partial charge in [0.15, 0.2) is 0 Å². The molecule has 1 aliphatic rings. The lowest BCUT2D eigenvalue weighted by atomic mass is 10.1. The normalized spacial score (nSPS) is 21.9. The first-order valence-corrected chi connectivity index (χ1v) is 6.87. The second-order valence-electron chi connectivity index (χ2n) is 5.96. The Morgan fingerprint density at radius 1 is 1.24 bits per heavy atom. The molecule has 0 aromatic carbocycles. The van der Waals surface area contributed by atoms with E-state index in [1.54, 1.807) is 20.8 Å². The lowest BCUT2D eigenvalue weighted by Crippen LogP contribution is -2.44. The molecule has 21 heavy (non-hydrogen) atoms. The number of esters is 2. The summed E-state index contributed by atoms with van der Waals surface area (Å²) in [4.78, 5) is 36.3. The van der Waals surface area contributed by atoms with Crippen LogP contribution in [-0.4, -0.2) is 54.3 Å². The number of hydrogen-bond donors (Lipinski definition) is 0. The zero-order valence-electron chi connectivity index (χ0n) is 13.2. The number of ether oxygens (including phenoxy) is 3. The molecule has 0 spiro atoms. The van der Waals surface area contributed by atoms with Gasteiger partial charge in [-0.3, -0.25) is 9.59 Å². The van der Waals surface area contributed by atoms with Crippen LogP contribution in [0.25, 0.3) is 0 Å². The van der Waals surface area contributed by atoms with E-state index in [9.17, 15) is 14.4 Å². The molecule has 0 saturated carbocycles. The molecule has 1 rings (SSSR count). The maximum Gasteiger partial charge on any atom is 0.410 e. The van der Waals surface area contributed by atoms with Crippen LogP contribution in [0.4, 0.5) is 4.79 Å². The lowest BCUT2D eigenvalue weighted by Gasteiger charge is -2.29. The van der Waals surface area contributed by atoms with Crippen molar-refractivity contribution in [2.45, 2.75) is 58.3 Å². The Morgan fingerprint density at radius 2 is 1.86 bits per heavy atom. The van der Waals surface area contributed by atoms with Crippen molar-refractivity contribution in [1.29, 1.82) is 0 Å². The fourth-order valence-electron chi connectivity index (χ4n) is 2.22. The van der Waals surface area contributed by atoms with Gasteiger partial charge in [0, 0.05) is 19.9 Å². The summed E-state index contributed by atoms with van der Waals surface area (Å²) in [5.74, 6) is -0.909. The lowest BCUT2D eigenvalue weighted by molar-refractivity contribution is -0.151. The number of hydrogen-bond acceptors (Lipinski definition) is 6. The molecular formula is C14H23NO6. The smallest absolute Gasteiger partial charge is 0.410 e. The highest BCUT2D eigenvalue weighted by molar-refractivity contribution is 5.74. The van der Waals surface area contributed by atoms with Crippen LogP contribution in [-0.2, 0) is 23.8 Å². The average molecular weight is 301 g/mol. The van der Waals surface area contributed by atoms with Crippen LogP contribution in [0, 0.1) is 0 Å². The highest BCUT2D eigenvalue weighted by Gasteiger charge is 2.42. The zero-order chi connectivity index (χ0) is 16.2. The molecule has 0 aromatic heterocycles. The van der Waals surface area contributed by atoms with Gasteiger partial charge in [-0.05, 0) is 20.8 Å². The first-order valence-electron chi connectivity index (χ1n) is 6.87. The van der Waals surface area contributed by atoms with E-state index in [1.807, 2.05) is 0 Å². The number of nitrogens with zero attached hydrogens (tertiary/aromatic N) is 1. The minimum atomic E-state index is -0.633. The van der Waals surface area contributed by atoms with Crippen molar-refractivity contribution in [2.75, 3.05) is 13.7 Å². The molecule has 7 heteroatoms. The topological polar surface area (TPSA) is 82.1 Å². The summed E-state index contributed by atoms with van der Waals surface area (Å²) in [6.45, 7) is 6.96. The van der Waals surface area contributed by atoms with Crippen molar-refractivity contribution in [1.82, 2.24) is 4.90 Å². The zero-order valence-corrected chi connectivity index (χ0v) is 13.2.